The third-order valence-electron chi connectivity index (χ3n) is 4.44. The number of nitrogens with one attached hydrogen (secondary N) is 1. The van der Waals surface area contributed by atoms with E-state index in [1.54, 1.807) is 43.3 Å². The molecule has 0 aliphatic heterocycles. The minimum atomic E-state index is -0.517. The van der Waals surface area contributed by atoms with Gasteiger partial charge in [0.1, 0.15) is 5.52 Å². The lowest BCUT2D eigenvalue weighted by molar-refractivity contribution is -0.385. The molecule has 1 heterocycles. The average Bonchev–Trinajstić information content (AvgIpc) is 3.12. The quantitative estimate of drug-likeness (QED) is 0.297. The summed E-state index contributed by atoms with van der Waals surface area (Å²) in [6.45, 7) is 1.61. The van der Waals surface area contributed by atoms with Crippen LogP contribution >= 0.6 is 23.2 Å². The summed E-state index contributed by atoms with van der Waals surface area (Å²) in [4.78, 5) is 27.6. The van der Waals surface area contributed by atoms with Crippen LogP contribution in [-0.4, -0.2) is 15.8 Å². The van der Waals surface area contributed by atoms with Gasteiger partial charge in [0.25, 0.3) is 11.6 Å². The Hall–Kier alpha value is -3.42. The summed E-state index contributed by atoms with van der Waals surface area (Å²) in [5.41, 5.74) is 2.58. The Balaban J connectivity index is 1.63. The average molecular weight is 442 g/mol. The van der Waals surface area contributed by atoms with Crippen molar-refractivity contribution in [3.05, 3.63) is 85.9 Å². The first kappa shape index (κ1) is 19.9. The number of aromatic nitrogens is 1. The minimum Gasteiger partial charge on any atom is -0.435 e. The highest BCUT2D eigenvalue weighted by molar-refractivity contribution is 6.38. The Morgan fingerprint density at radius 3 is 2.70 bits per heavy atom. The molecule has 0 spiro atoms. The molecule has 0 saturated heterocycles. The lowest BCUT2D eigenvalue weighted by atomic mass is 10.1. The van der Waals surface area contributed by atoms with Crippen LogP contribution in [0.5, 0.6) is 0 Å². The Labute approximate surface area is 180 Å². The van der Waals surface area contributed by atoms with Gasteiger partial charge >= 0.3 is 0 Å². The molecule has 4 aromatic rings. The molecular formula is C21H13Cl2N3O4. The van der Waals surface area contributed by atoms with Crippen molar-refractivity contribution in [3.8, 4) is 11.5 Å². The first-order valence-electron chi connectivity index (χ1n) is 8.74. The van der Waals surface area contributed by atoms with Gasteiger partial charge in [-0.25, -0.2) is 4.98 Å². The van der Waals surface area contributed by atoms with Crippen molar-refractivity contribution < 1.29 is 14.1 Å². The number of nitro groups is 1. The van der Waals surface area contributed by atoms with Crippen LogP contribution in [0.25, 0.3) is 22.6 Å². The van der Waals surface area contributed by atoms with Crippen molar-refractivity contribution in [2.45, 2.75) is 6.92 Å². The number of hydrogen-bond donors (Lipinski definition) is 1. The number of nitrogens with zero attached hydrogens (tertiary/aromatic N) is 2. The number of nitro benzene ring substituents is 1. The Morgan fingerprint density at radius 2 is 1.93 bits per heavy atom. The van der Waals surface area contributed by atoms with Gasteiger partial charge < -0.3 is 9.73 Å². The maximum atomic E-state index is 12.6. The summed E-state index contributed by atoms with van der Waals surface area (Å²) in [7, 11) is 0. The fourth-order valence-electron chi connectivity index (χ4n) is 2.96. The molecule has 1 N–H and O–H groups in total. The molecule has 0 aliphatic carbocycles. The molecule has 0 atom stereocenters. The van der Waals surface area contributed by atoms with Crippen LogP contribution < -0.4 is 5.32 Å². The monoisotopic (exact) mass is 441 g/mol. The molecule has 0 aliphatic rings. The van der Waals surface area contributed by atoms with E-state index in [0.29, 0.717) is 43.9 Å². The van der Waals surface area contributed by atoms with Crippen molar-refractivity contribution >= 4 is 51.6 Å². The molecule has 0 fully saturated rings. The molecule has 4 rings (SSSR count). The lowest BCUT2D eigenvalue weighted by Gasteiger charge is -2.07. The van der Waals surface area contributed by atoms with Crippen molar-refractivity contribution in [2.75, 3.05) is 5.32 Å². The van der Waals surface area contributed by atoms with E-state index in [4.69, 9.17) is 27.6 Å². The van der Waals surface area contributed by atoms with Crippen LogP contribution in [0.1, 0.15) is 15.9 Å². The third-order valence-corrected chi connectivity index (χ3v) is 4.94. The van der Waals surface area contributed by atoms with Crippen molar-refractivity contribution in [3.63, 3.8) is 0 Å². The highest BCUT2D eigenvalue weighted by atomic mass is 35.5. The van der Waals surface area contributed by atoms with E-state index >= 15 is 0 Å². The van der Waals surface area contributed by atoms with Crippen LogP contribution in [0.15, 0.2) is 59.0 Å². The topological polar surface area (TPSA) is 98.3 Å². The van der Waals surface area contributed by atoms with E-state index in [9.17, 15) is 14.9 Å². The van der Waals surface area contributed by atoms with E-state index in [-0.39, 0.29) is 11.3 Å². The molecule has 3 aromatic carbocycles. The number of carbonyl (C=O) groups is 1. The second-order valence-electron chi connectivity index (χ2n) is 6.55. The zero-order valence-corrected chi connectivity index (χ0v) is 17.0. The standard InChI is InChI=1S/C21H13Cl2N3O4/c1-11-5-6-12(8-18(11)26(28)29)20(27)24-15-4-2-3-13(7-15)21-25-17-10-14(22)9-16(23)19(17)30-21/h2-10H,1H3,(H,24,27). The van der Waals surface area contributed by atoms with Crippen LogP contribution in [0, 0.1) is 17.0 Å². The number of rotatable bonds is 4. The van der Waals surface area contributed by atoms with Crippen LogP contribution in [0.2, 0.25) is 10.0 Å². The summed E-state index contributed by atoms with van der Waals surface area (Å²) in [5, 5.41) is 14.6. The Morgan fingerprint density at radius 1 is 1.13 bits per heavy atom. The fraction of sp³-hybridized carbons (Fsp3) is 0.0476. The van der Waals surface area contributed by atoms with E-state index in [1.165, 1.54) is 18.2 Å². The second kappa shape index (κ2) is 7.78. The number of amides is 1. The molecule has 1 amide bonds. The van der Waals surface area contributed by atoms with Gasteiger partial charge in [-0.05, 0) is 43.3 Å². The van der Waals surface area contributed by atoms with Gasteiger partial charge in [0.15, 0.2) is 5.58 Å². The molecule has 9 heteroatoms. The van der Waals surface area contributed by atoms with Gasteiger partial charge in [0.05, 0.1) is 9.95 Å². The number of oxazole rings is 1. The number of carbonyl (C=O) groups excluding carboxylic acids is 1. The maximum Gasteiger partial charge on any atom is 0.273 e. The van der Waals surface area contributed by atoms with Gasteiger partial charge in [-0.1, -0.05) is 35.3 Å². The smallest absolute Gasteiger partial charge is 0.273 e. The molecule has 30 heavy (non-hydrogen) atoms. The second-order valence-corrected chi connectivity index (χ2v) is 7.39. The fourth-order valence-corrected chi connectivity index (χ4v) is 3.49. The van der Waals surface area contributed by atoms with Gasteiger partial charge in [-0.15, -0.1) is 0 Å². The first-order chi connectivity index (χ1) is 14.3. The predicted octanol–water partition coefficient (Wildman–Crippen LogP) is 6.27. The molecular weight excluding hydrogens is 429 g/mol. The Kier molecular flexibility index (Phi) is 5.15. The number of hydrogen-bond acceptors (Lipinski definition) is 5. The maximum absolute atomic E-state index is 12.6. The number of fused-ring (bicyclic) bond motifs is 1. The molecule has 0 unspecified atom stereocenters. The Bertz CT molecular complexity index is 1320. The number of aryl methyl sites for hydroxylation is 1. The van der Waals surface area contributed by atoms with Crippen molar-refractivity contribution in [2.24, 2.45) is 0 Å². The summed E-state index contributed by atoms with van der Waals surface area (Å²) < 4.78 is 5.75. The highest BCUT2D eigenvalue weighted by Crippen LogP contribution is 2.32. The highest BCUT2D eigenvalue weighted by Gasteiger charge is 2.16. The van der Waals surface area contributed by atoms with Gasteiger partial charge in [-0.2, -0.15) is 0 Å². The molecule has 0 radical (unpaired) electrons. The SMILES string of the molecule is Cc1ccc(C(=O)Nc2cccc(-c3nc4cc(Cl)cc(Cl)c4o3)c2)cc1[N+](=O)[O-]. The zero-order valence-electron chi connectivity index (χ0n) is 15.5. The van der Waals surface area contributed by atoms with Crippen molar-refractivity contribution in [1.29, 1.82) is 0 Å². The van der Waals surface area contributed by atoms with Gasteiger partial charge in [-0.3, -0.25) is 14.9 Å². The van der Waals surface area contributed by atoms with E-state index in [0.717, 1.165) is 0 Å². The third kappa shape index (κ3) is 3.85. The molecule has 150 valence electrons. The van der Waals surface area contributed by atoms with Gasteiger partial charge in [0.2, 0.25) is 5.89 Å². The zero-order chi connectivity index (χ0) is 21.4. The number of anilines is 1. The van der Waals surface area contributed by atoms with Crippen LogP contribution in [0.3, 0.4) is 0 Å². The summed E-state index contributed by atoms with van der Waals surface area (Å²) in [6.07, 6.45) is 0. The molecule has 1 aromatic heterocycles. The van der Waals surface area contributed by atoms with E-state index in [1.807, 2.05) is 0 Å². The number of halogens is 2. The number of benzene rings is 3. The first-order valence-corrected chi connectivity index (χ1v) is 9.50. The van der Waals surface area contributed by atoms with Crippen LogP contribution in [0.4, 0.5) is 11.4 Å². The predicted molar refractivity (Wildman–Crippen MR) is 115 cm³/mol. The molecule has 0 bridgehead atoms. The molecule has 0 saturated carbocycles. The molecule has 7 nitrogen and oxygen atoms in total. The van der Waals surface area contributed by atoms with Gasteiger partial charge in [0, 0.05) is 33.5 Å². The normalized spacial score (nSPS) is 10.9. The van der Waals surface area contributed by atoms with E-state index in [2.05, 4.69) is 10.3 Å². The van der Waals surface area contributed by atoms with Crippen LogP contribution in [-0.2, 0) is 0 Å². The summed E-state index contributed by atoms with van der Waals surface area (Å²) in [6, 6.07) is 14.4. The lowest BCUT2D eigenvalue weighted by Crippen LogP contribution is -2.12. The largest absolute Gasteiger partial charge is 0.435 e. The summed E-state index contributed by atoms with van der Waals surface area (Å²) >= 11 is 12.2. The van der Waals surface area contributed by atoms with E-state index < -0.39 is 10.8 Å². The summed E-state index contributed by atoms with van der Waals surface area (Å²) in [5.74, 6) is -0.154. The minimum absolute atomic E-state index is 0.113. The van der Waals surface area contributed by atoms with Crippen molar-refractivity contribution in [1.82, 2.24) is 4.98 Å².